The molecule has 3 heterocycles. The highest BCUT2D eigenvalue weighted by molar-refractivity contribution is 5.99. The van der Waals surface area contributed by atoms with E-state index in [1.807, 2.05) is 45.0 Å². The topological polar surface area (TPSA) is 99.2 Å². The number of aliphatic hydroxyl groups excluding tert-OH is 1. The maximum atomic E-state index is 13.5. The number of nitrogens with zero attached hydrogens (tertiary/aromatic N) is 2. The zero-order valence-corrected chi connectivity index (χ0v) is 21.6. The van der Waals surface area contributed by atoms with Crippen LogP contribution < -0.4 is 5.32 Å². The second-order valence-electron chi connectivity index (χ2n) is 12.0. The summed E-state index contributed by atoms with van der Waals surface area (Å²) >= 11 is 0. The average Bonchev–Trinajstić information content (AvgIpc) is 3.36. The first-order chi connectivity index (χ1) is 17.1. The molecule has 4 atom stereocenters. The van der Waals surface area contributed by atoms with Crippen molar-refractivity contribution in [1.29, 1.82) is 0 Å². The Kier molecular flexibility index (Phi) is 6.96. The van der Waals surface area contributed by atoms with E-state index in [-0.39, 0.29) is 30.7 Å². The number of amides is 2. The van der Waals surface area contributed by atoms with Gasteiger partial charge in [0.05, 0.1) is 6.54 Å². The third-order valence-electron chi connectivity index (χ3n) is 8.59. The summed E-state index contributed by atoms with van der Waals surface area (Å²) in [4.78, 5) is 43.1. The largest absolute Gasteiger partial charge is 0.388 e. The third kappa shape index (κ3) is 4.83. The fraction of sp³-hybridized carbons (Fsp3) is 0.679. The van der Waals surface area contributed by atoms with E-state index in [9.17, 15) is 19.5 Å². The molecule has 5 rings (SSSR count). The van der Waals surface area contributed by atoms with Crippen molar-refractivity contribution in [1.82, 2.24) is 15.1 Å². The van der Waals surface area contributed by atoms with E-state index >= 15 is 0 Å². The SMILES string of the molecule is CC(C)(C)C(NC(=O)c1ccc(C2CCN(C3CCC3)CC2)cc1)C(=O)N1C[C@H](O)[C@H]2OCC(=O)[C@H]21. The molecule has 2 N–H and O–H groups in total. The molecule has 3 saturated heterocycles. The molecule has 196 valence electrons. The molecule has 0 bridgehead atoms. The number of fused-ring (bicyclic) bond motifs is 1. The van der Waals surface area contributed by atoms with Crippen LogP contribution in [0, 0.1) is 5.41 Å². The Hall–Kier alpha value is -2.29. The van der Waals surface area contributed by atoms with Crippen molar-refractivity contribution in [3.8, 4) is 0 Å². The van der Waals surface area contributed by atoms with E-state index in [4.69, 9.17) is 4.74 Å². The van der Waals surface area contributed by atoms with Crippen LogP contribution in [-0.2, 0) is 14.3 Å². The van der Waals surface area contributed by atoms with Crippen molar-refractivity contribution in [2.45, 2.75) is 89.1 Å². The van der Waals surface area contributed by atoms with Gasteiger partial charge in [-0.25, -0.2) is 0 Å². The maximum Gasteiger partial charge on any atom is 0.251 e. The molecule has 1 unspecified atom stereocenters. The first kappa shape index (κ1) is 25.4. The minimum absolute atomic E-state index is 0.0244. The van der Waals surface area contributed by atoms with Crippen LogP contribution in [0.25, 0.3) is 0 Å². The molecule has 8 nitrogen and oxygen atoms in total. The van der Waals surface area contributed by atoms with Crippen LogP contribution in [0.1, 0.15) is 74.7 Å². The zero-order chi connectivity index (χ0) is 25.6. The Morgan fingerprint density at radius 2 is 1.75 bits per heavy atom. The number of nitrogens with one attached hydrogen (secondary N) is 1. The van der Waals surface area contributed by atoms with Gasteiger partial charge < -0.3 is 25.0 Å². The molecule has 2 amide bonds. The number of likely N-dealkylation sites (tertiary alicyclic amines) is 2. The Morgan fingerprint density at radius 3 is 2.33 bits per heavy atom. The number of ketones is 1. The molecule has 1 aromatic rings. The van der Waals surface area contributed by atoms with Gasteiger partial charge in [-0.1, -0.05) is 39.3 Å². The summed E-state index contributed by atoms with van der Waals surface area (Å²) < 4.78 is 5.40. The van der Waals surface area contributed by atoms with E-state index in [1.54, 1.807) is 0 Å². The van der Waals surface area contributed by atoms with Crippen molar-refractivity contribution in [2.75, 3.05) is 26.2 Å². The van der Waals surface area contributed by atoms with Gasteiger partial charge in [0, 0.05) is 11.6 Å². The lowest BCUT2D eigenvalue weighted by atomic mass is 9.84. The molecule has 36 heavy (non-hydrogen) atoms. The number of carbonyl (C=O) groups excluding carboxylic acids is 3. The predicted molar refractivity (Wildman–Crippen MR) is 135 cm³/mol. The van der Waals surface area contributed by atoms with Crippen LogP contribution in [0.15, 0.2) is 24.3 Å². The fourth-order valence-corrected chi connectivity index (χ4v) is 6.14. The van der Waals surface area contributed by atoms with Crippen molar-refractivity contribution < 1.29 is 24.2 Å². The van der Waals surface area contributed by atoms with Crippen LogP contribution in [-0.4, -0.2) is 89.1 Å². The van der Waals surface area contributed by atoms with E-state index < -0.39 is 29.7 Å². The highest BCUT2D eigenvalue weighted by atomic mass is 16.5. The summed E-state index contributed by atoms with van der Waals surface area (Å²) in [5.41, 5.74) is 1.18. The van der Waals surface area contributed by atoms with Gasteiger partial charge in [0.25, 0.3) is 5.91 Å². The summed E-state index contributed by atoms with van der Waals surface area (Å²) in [7, 11) is 0. The van der Waals surface area contributed by atoms with E-state index in [2.05, 4.69) is 10.2 Å². The van der Waals surface area contributed by atoms with Crippen LogP contribution in [0.4, 0.5) is 0 Å². The molecule has 3 aliphatic heterocycles. The van der Waals surface area contributed by atoms with Crippen LogP contribution in [0.3, 0.4) is 0 Å². The van der Waals surface area contributed by atoms with Crippen molar-refractivity contribution >= 4 is 17.6 Å². The monoisotopic (exact) mass is 497 g/mol. The maximum absolute atomic E-state index is 13.5. The minimum Gasteiger partial charge on any atom is -0.388 e. The molecular formula is C28H39N3O5. The van der Waals surface area contributed by atoms with Crippen LogP contribution >= 0.6 is 0 Å². The number of carbonyl (C=O) groups is 3. The highest BCUT2D eigenvalue weighted by Crippen LogP contribution is 2.34. The normalized spacial score (nSPS) is 28.6. The number of rotatable bonds is 5. The quantitative estimate of drug-likeness (QED) is 0.647. The second kappa shape index (κ2) is 9.88. The molecule has 0 spiro atoms. The molecule has 4 fully saturated rings. The highest BCUT2D eigenvalue weighted by Gasteiger charge is 2.53. The number of benzene rings is 1. The molecular weight excluding hydrogens is 458 g/mol. The van der Waals surface area contributed by atoms with Crippen molar-refractivity contribution in [3.63, 3.8) is 0 Å². The van der Waals surface area contributed by atoms with Gasteiger partial charge >= 0.3 is 0 Å². The molecule has 0 aromatic heterocycles. The van der Waals surface area contributed by atoms with Crippen molar-refractivity contribution in [3.05, 3.63) is 35.4 Å². The predicted octanol–water partition coefficient (Wildman–Crippen LogP) is 2.10. The van der Waals surface area contributed by atoms with Gasteiger partial charge in [0.2, 0.25) is 5.91 Å². The lowest BCUT2D eigenvalue weighted by molar-refractivity contribution is -0.140. The Labute approximate surface area is 213 Å². The fourth-order valence-electron chi connectivity index (χ4n) is 6.14. The smallest absolute Gasteiger partial charge is 0.251 e. The molecule has 4 aliphatic rings. The van der Waals surface area contributed by atoms with E-state index in [0.29, 0.717) is 11.5 Å². The lowest BCUT2D eigenvalue weighted by Gasteiger charge is -2.42. The minimum atomic E-state index is -0.908. The van der Waals surface area contributed by atoms with Crippen molar-refractivity contribution in [2.24, 2.45) is 5.41 Å². The van der Waals surface area contributed by atoms with Crippen LogP contribution in [0.5, 0.6) is 0 Å². The molecule has 1 saturated carbocycles. The summed E-state index contributed by atoms with van der Waals surface area (Å²) in [6.07, 6.45) is 4.75. The summed E-state index contributed by atoms with van der Waals surface area (Å²) in [6, 6.07) is 6.94. The van der Waals surface area contributed by atoms with Crippen LogP contribution in [0.2, 0.25) is 0 Å². The third-order valence-corrected chi connectivity index (χ3v) is 8.59. The zero-order valence-electron chi connectivity index (χ0n) is 21.6. The van der Waals surface area contributed by atoms with E-state index in [0.717, 1.165) is 32.0 Å². The summed E-state index contributed by atoms with van der Waals surface area (Å²) in [5, 5.41) is 13.2. The van der Waals surface area contributed by atoms with Gasteiger partial charge in [0.1, 0.15) is 30.9 Å². The molecule has 8 heteroatoms. The van der Waals surface area contributed by atoms with E-state index in [1.165, 1.54) is 29.7 Å². The first-order valence-electron chi connectivity index (χ1n) is 13.4. The number of hydrogen-bond acceptors (Lipinski definition) is 6. The first-order valence-corrected chi connectivity index (χ1v) is 13.4. The Balaban J connectivity index is 1.23. The number of hydrogen-bond donors (Lipinski definition) is 2. The summed E-state index contributed by atoms with van der Waals surface area (Å²) in [5.74, 6) is -0.378. The van der Waals surface area contributed by atoms with Gasteiger partial charge in [-0.05, 0) is 67.8 Å². The summed E-state index contributed by atoms with van der Waals surface area (Å²) in [6.45, 7) is 7.86. The molecule has 1 aliphatic carbocycles. The second-order valence-corrected chi connectivity index (χ2v) is 12.0. The number of aliphatic hydroxyl groups is 1. The molecule has 1 aromatic carbocycles. The number of β-amino-alcohol motifs (C(OH)–C–C–N with tert-alkyl or cyclic N) is 1. The van der Waals surface area contributed by atoms with Gasteiger partial charge in [-0.2, -0.15) is 0 Å². The Bertz CT molecular complexity index is 991. The average molecular weight is 498 g/mol. The standard InChI is InChI=1S/C28H39N3O5/c1-28(2,3)25(27(35)31-15-21(32)24-23(31)22(33)16-36-24)29-26(34)19-9-7-17(8-10-19)18-11-13-30(14-12-18)20-5-4-6-20/h7-10,18,20-21,23-25,32H,4-6,11-16H2,1-3H3,(H,29,34)/t21-,23+,24+,25?/m0/s1. The number of ether oxygens (including phenoxy) is 1. The van der Waals surface area contributed by atoms with Gasteiger partial charge in [-0.3, -0.25) is 14.4 Å². The number of piperidine rings is 1. The van der Waals surface area contributed by atoms with Gasteiger partial charge in [0.15, 0.2) is 5.78 Å². The van der Waals surface area contributed by atoms with Gasteiger partial charge in [-0.15, -0.1) is 0 Å². The Morgan fingerprint density at radius 1 is 1.08 bits per heavy atom. The number of Topliss-reactive ketones (excluding diaryl/α,β-unsaturated/α-hetero) is 1. The lowest BCUT2D eigenvalue weighted by Crippen LogP contribution is -2.57. The molecule has 0 radical (unpaired) electrons.